The highest BCUT2D eigenvalue weighted by Crippen LogP contribution is 2.29. The Kier molecular flexibility index (Phi) is 3.79. The molecule has 16 heavy (non-hydrogen) atoms. The van der Waals surface area contributed by atoms with Gasteiger partial charge in [0, 0.05) is 0 Å². The van der Waals surface area contributed by atoms with Crippen LogP contribution < -0.4 is 0 Å². The van der Waals surface area contributed by atoms with Crippen molar-refractivity contribution in [1.82, 2.24) is 0 Å². The van der Waals surface area contributed by atoms with Crippen LogP contribution in [0.15, 0.2) is 20.7 Å². The molecule has 0 aromatic carbocycles. The highest BCUT2D eigenvalue weighted by atomic mass is 16.3. The SMILES string of the molecule is O=NC1C(O)[C@H](O)C(N=O)[C@H](N=O)[C@@H]1N=O. The first-order valence-corrected chi connectivity index (χ1v) is 4.28. The quantitative estimate of drug-likeness (QED) is 0.607. The molecule has 1 fully saturated rings. The number of nitroso groups, excluding NO2 is 4. The molecule has 1 aliphatic rings. The minimum Gasteiger partial charge on any atom is -0.388 e. The lowest BCUT2D eigenvalue weighted by atomic mass is 9.80. The largest absolute Gasteiger partial charge is 0.388 e. The maximum absolute atomic E-state index is 10.4. The molecule has 6 atom stereocenters. The van der Waals surface area contributed by atoms with Crippen molar-refractivity contribution in [3.05, 3.63) is 19.6 Å². The Morgan fingerprint density at radius 3 is 1.00 bits per heavy atom. The van der Waals surface area contributed by atoms with Crippen molar-refractivity contribution in [2.24, 2.45) is 20.7 Å². The second kappa shape index (κ2) is 4.90. The van der Waals surface area contributed by atoms with Crippen molar-refractivity contribution in [2.45, 2.75) is 36.4 Å². The summed E-state index contributed by atoms with van der Waals surface area (Å²) in [6, 6.07) is -6.44. The maximum Gasteiger partial charge on any atom is 0.148 e. The predicted molar refractivity (Wildman–Crippen MR) is 50.3 cm³/mol. The van der Waals surface area contributed by atoms with Crippen molar-refractivity contribution < 1.29 is 10.2 Å². The van der Waals surface area contributed by atoms with E-state index in [0.717, 1.165) is 0 Å². The standard InChI is InChI=1S/C6H8N4O6/c11-5-3(9-15)1(7-13)2(8-14)4(10-16)6(5)12/h1-6,11-12H/t1-,2+,3?,4?,5-,6?/m1/s1. The van der Waals surface area contributed by atoms with Crippen LogP contribution in [0.25, 0.3) is 0 Å². The highest BCUT2D eigenvalue weighted by molar-refractivity contribution is 5.10. The number of hydrogen-bond donors (Lipinski definition) is 2. The first-order chi connectivity index (χ1) is 7.62. The average molecular weight is 232 g/mol. The summed E-state index contributed by atoms with van der Waals surface area (Å²) < 4.78 is 0. The van der Waals surface area contributed by atoms with E-state index in [1.165, 1.54) is 0 Å². The van der Waals surface area contributed by atoms with Gasteiger partial charge < -0.3 is 10.2 Å². The third kappa shape index (κ3) is 1.72. The zero-order chi connectivity index (χ0) is 12.3. The van der Waals surface area contributed by atoms with Gasteiger partial charge in [-0.25, -0.2) is 0 Å². The molecule has 1 aliphatic carbocycles. The summed E-state index contributed by atoms with van der Waals surface area (Å²) in [5.74, 6) is 0. The van der Waals surface area contributed by atoms with Crippen LogP contribution in [0.5, 0.6) is 0 Å². The van der Waals surface area contributed by atoms with Gasteiger partial charge >= 0.3 is 0 Å². The van der Waals surface area contributed by atoms with E-state index in [9.17, 15) is 29.8 Å². The van der Waals surface area contributed by atoms with Crippen LogP contribution in [0.2, 0.25) is 0 Å². The molecule has 0 bridgehead atoms. The molecule has 0 amide bonds. The minimum absolute atomic E-state index is 1.60. The van der Waals surface area contributed by atoms with Crippen LogP contribution >= 0.6 is 0 Å². The molecule has 1 rings (SSSR count). The maximum atomic E-state index is 10.4. The second-order valence-corrected chi connectivity index (χ2v) is 3.37. The summed E-state index contributed by atoms with van der Waals surface area (Å²) in [6.45, 7) is 0. The summed E-state index contributed by atoms with van der Waals surface area (Å²) in [7, 11) is 0. The van der Waals surface area contributed by atoms with Crippen molar-refractivity contribution in [3.8, 4) is 0 Å². The Morgan fingerprint density at radius 2 is 0.812 bits per heavy atom. The molecule has 88 valence electrons. The molecular weight excluding hydrogens is 224 g/mol. The van der Waals surface area contributed by atoms with Gasteiger partial charge in [-0.1, -0.05) is 20.7 Å². The molecule has 0 aromatic heterocycles. The molecule has 0 radical (unpaired) electrons. The van der Waals surface area contributed by atoms with Crippen LogP contribution in [0.1, 0.15) is 0 Å². The Labute approximate surface area is 87.9 Å². The van der Waals surface area contributed by atoms with Gasteiger partial charge in [-0.15, -0.1) is 0 Å². The zero-order valence-corrected chi connectivity index (χ0v) is 7.78. The lowest BCUT2D eigenvalue weighted by Gasteiger charge is -2.36. The van der Waals surface area contributed by atoms with Crippen LogP contribution in [0.3, 0.4) is 0 Å². The van der Waals surface area contributed by atoms with E-state index in [1.807, 2.05) is 0 Å². The monoisotopic (exact) mass is 232 g/mol. The van der Waals surface area contributed by atoms with Gasteiger partial charge in [-0.2, -0.15) is 19.6 Å². The fourth-order valence-electron chi connectivity index (χ4n) is 1.71. The van der Waals surface area contributed by atoms with Gasteiger partial charge in [-0.3, -0.25) is 0 Å². The molecular formula is C6H8N4O6. The van der Waals surface area contributed by atoms with E-state index in [0.29, 0.717) is 0 Å². The highest BCUT2D eigenvalue weighted by Gasteiger charge is 2.54. The average Bonchev–Trinajstić information content (AvgIpc) is 2.31. The predicted octanol–water partition coefficient (Wildman–Crippen LogP) is -0.738. The smallest absolute Gasteiger partial charge is 0.148 e. The number of aliphatic hydroxyl groups is 2. The summed E-state index contributed by atoms with van der Waals surface area (Å²) in [6.07, 6.45) is -3.55. The van der Waals surface area contributed by atoms with E-state index in [-0.39, 0.29) is 0 Å². The molecule has 10 heteroatoms. The first kappa shape index (κ1) is 12.4. The lowest BCUT2D eigenvalue weighted by Crippen LogP contribution is -2.60. The Bertz CT molecular complexity index is 281. The number of aliphatic hydroxyl groups excluding tert-OH is 2. The van der Waals surface area contributed by atoms with Gasteiger partial charge in [-0.05, 0) is 0 Å². The van der Waals surface area contributed by atoms with Gasteiger partial charge in [0.15, 0.2) is 0 Å². The Balaban J connectivity index is 3.12. The molecule has 0 heterocycles. The molecule has 0 saturated heterocycles. The van der Waals surface area contributed by atoms with Crippen LogP contribution in [-0.4, -0.2) is 46.6 Å². The molecule has 0 aromatic rings. The topological polar surface area (TPSA) is 158 Å². The van der Waals surface area contributed by atoms with Crippen molar-refractivity contribution in [3.63, 3.8) is 0 Å². The van der Waals surface area contributed by atoms with Crippen LogP contribution in [0.4, 0.5) is 0 Å². The molecule has 0 aliphatic heterocycles. The summed E-state index contributed by atoms with van der Waals surface area (Å²) in [5, 5.41) is 28.4. The van der Waals surface area contributed by atoms with E-state index in [4.69, 9.17) is 0 Å². The fourth-order valence-corrected chi connectivity index (χ4v) is 1.71. The lowest BCUT2D eigenvalue weighted by molar-refractivity contribution is -0.0436. The molecule has 10 nitrogen and oxygen atoms in total. The molecule has 1 saturated carbocycles. The molecule has 2 N–H and O–H groups in total. The summed E-state index contributed by atoms with van der Waals surface area (Å²) >= 11 is 0. The normalized spacial score (nSPS) is 43.4. The first-order valence-electron chi connectivity index (χ1n) is 4.28. The molecule has 3 unspecified atom stereocenters. The summed E-state index contributed by atoms with van der Waals surface area (Å²) in [5.41, 5.74) is 0. The van der Waals surface area contributed by atoms with Gasteiger partial charge in [0.1, 0.15) is 36.4 Å². The molecule has 0 spiro atoms. The van der Waals surface area contributed by atoms with Gasteiger partial charge in [0.25, 0.3) is 0 Å². The van der Waals surface area contributed by atoms with E-state index in [1.54, 1.807) is 0 Å². The Morgan fingerprint density at radius 1 is 0.562 bits per heavy atom. The third-order valence-electron chi connectivity index (χ3n) is 2.59. The fraction of sp³-hybridized carbons (Fsp3) is 1.00. The number of rotatable bonds is 4. The minimum atomic E-state index is -1.78. The summed E-state index contributed by atoms with van der Waals surface area (Å²) in [4.78, 5) is 41.6. The van der Waals surface area contributed by atoms with Gasteiger partial charge in [0.05, 0.1) is 0 Å². The van der Waals surface area contributed by atoms with Crippen molar-refractivity contribution in [2.75, 3.05) is 0 Å². The zero-order valence-electron chi connectivity index (χ0n) is 7.78. The van der Waals surface area contributed by atoms with Gasteiger partial charge in [0.2, 0.25) is 0 Å². The van der Waals surface area contributed by atoms with E-state index >= 15 is 0 Å². The third-order valence-corrected chi connectivity index (χ3v) is 2.59. The van der Waals surface area contributed by atoms with E-state index in [2.05, 4.69) is 20.7 Å². The second-order valence-electron chi connectivity index (χ2n) is 3.37. The van der Waals surface area contributed by atoms with E-state index < -0.39 is 36.4 Å². The van der Waals surface area contributed by atoms with Crippen LogP contribution in [0, 0.1) is 19.6 Å². The van der Waals surface area contributed by atoms with Crippen LogP contribution in [-0.2, 0) is 0 Å². The Hall–Kier alpha value is -1.68. The number of nitrogens with zero attached hydrogens (tertiary/aromatic N) is 4. The van der Waals surface area contributed by atoms with Crippen molar-refractivity contribution >= 4 is 0 Å². The number of hydrogen-bond acceptors (Lipinski definition) is 10. The van der Waals surface area contributed by atoms with Crippen molar-refractivity contribution in [1.29, 1.82) is 0 Å².